The second-order valence-corrected chi connectivity index (χ2v) is 7.45. The van der Waals surface area contributed by atoms with E-state index >= 15 is 0 Å². The molecule has 1 atom stereocenters. The van der Waals surface area contributed by atoms with Gasteiger partial charge in [0.05, 0.1) is 0 Å². The van der Waals surface area contributed by atoms with E-state index < -0.39 is 12.1 Å². The van der Waals surface area contributed by atoms with E-state index in [4.69, 9.17) is 10.5 Å². The van der Waals surface area contributed by atoms with E-state index in [-0.39, 0.29) is 6.61 Å². The van der Waals surface area contributed by atoms with Crippen LogP contribution < -0.4 is 5.73 Å². The molecule has 0 heterocycles. The Hall–Kier alpha value is -2.33. The highest BCUT2D eigenvalue weighted by Gasteiger charge is 2.19. The summed E-state index contributed by atoms with van der Waals surface area (Å²) < 4.78 is 5.19. The smallest absolute Gasteiger partial charge is 0.335 e. The van der Waals surface area contributed by atoms with Gasteiger partial charge < -0.3 is 15.6 Å². The molecule has 0 aromatic heterocycles. The molecule has 144 valence electrons. The number of hydrogen-bond acceptors (Lipinski definition) is 4. The van der Waals surface area contributed by atoms with E-state index in [1.54, 1.807) is 0 Å². The number of nitrogen functional groups attached to an aromatic ring is 1. The topological polar surface area (TPSA) is 72.5 Å². The molecule has 4 nitrogen and oxygen atoms in total. The fourth-order valence-corrected chi connectivity index (χ4v) is 3.81. The van der Waals surface area contributed by atoms with Crippen LogP contribution in [0.25, 0.3) is 0 Å². The quantitative estimate of drug-likeness (QED) is 0.563. The third-order valence-electron chi connectivity index (χ3n) is 5.40. The van der Waals surface area contributed by atoms with Crippen molar-refractivity contribution in [3.8, 4) is 0 Å². The van der Waals surface area contributed by atoms with Crippen LogP contribution in [0.2, 0.25) is 0 Å². The lowest BCUT2D eigenvalue weighted by Crippen LogP contribution is -2.23. The number of benzene rings is 2. The van der Waals surface area contributed by atoms with Crippen LogP contribution in [-0.2, 0) is 22.6 Å². The van der Waals surface area contributed by atoms with E-state index in [0.29, 0.717) is 18.8 Å². The summed E-state index contributed by atoms with van der Waals surface area (Å²) in [6.07, 6.45) is 6.13. The van der Waals surface area contributed by atoms with Crippen molar-refractivity contribution in [2.45, 2.75) is 63.6 Å². The standard InChI is InChI=1S/C23H29NO3/c24-21-15-17(11-13-20(21)19-9-5-2-6-10-19)12-14-22(25)23(26)27-16-18-7-3-1-4-8-18/h1,3-4,7-8,11,13,15,19,22,25H,2,5-6,9-10,12,14,16,24H2. The lowest BCUT2D eigenvalue weighted by molar-refractivity contribution is -0.155. The summed E-state index contributed by atoms with van der Waals surface area (Å²) in [5.74, 6) is -0.00277. The van der Waals surface area contributed by atoms with Crippen molar-refractivity contribution in [1.29, 1.82) is 0 Å². The first-order valence-electron chi connectivity index (χ1n) is 9.90. The van der Waals surface area contributed by atoms with Crippen molar-refractivity contribution in [3.05, 3.63) is 65.2 Å². The van der Waals surface area contributed by atoms with Gasteiger partial charge in [-0.15, -0.1) is 0 Å². The van der Waals surface area contributed by atoms with Gasteiger partial charge in [0.15, 0.2) is 6.10 Å². The van der Waals surface area contributed by atoms with Crippen molar-refractivity contribution in [3.63, 3.8) is 0 Å². The number of anilines is 1. The molecule has 27 heavy (non-hydrogen) atoms. The van der Waals surface area contributed by atoms with Crippen LogP contribution in [-0.4, -0.2) is 17.2 Å². The Morgan fingerprint density at radius 3 is 2.52 bits per heavy atom. The van der Waals surface area contributed by atoms with Gasteiger partial charge in [0.25, 0.3) is 0 Å². The first kappa shape index (κ1) is 19.4. The second-order valence-electron chi connectivity index (χ2n) is 7.45. The zero-order valence-electron chi connectivity index (χ0n) is 15.8. The molecule has 3 N–H and O–H groups in total. The van der Waals surface area contributed by atoms with E-state index in [2.05, 4.69) is 12.1 Å². The number of esters is 1. The molecule has 4 heteroatoms. The molecule has 0 bridgehead atoms. The van der Waals surface area contributed by atoms with Crippen LogP contribution in [0.1, 0.15) is 61.1 Å². The van der Waals surface area contributed by atoms with Gasteiger partial charge in [-0.1, -0.05) is 61.7 Å². The van der Waals surface area contributed by atoms with E-state index in [1.165, 1.54) is 37.7 Å². The molecule has 2 aromatic rings. The zero-order valence-corrected chi connectivity index (χ0v) is 15.8. The summed E-state index contributed by atoms with van der Waals surface area (Å²) in [6, 6.07) is 15.6. The number of aryl methyl sites for hydroxylation is 1. The highest BCUT2D eigenvalue weighted by atomic mass is 16.5. The molecule has 1 fully saturated rings. The molecule has 2 aromatic carbocycles. The molecular weight excluding hydrogens is 338 g/mol. The van der Waals surface area contributed by atoms with E-state index in [1.807, 2.05) is 36.4 Å². The largest absolute Gasteiger partial charge is 0.459 e. The van der Waals surface area contributed by atoms with Crippen LogP contribution in [0.4, 0.5) is 5.69 Å². The predicted octanol–water partition coefficient (Wildman–Crippen LogP) is 4.35. The molecule has 1 saturated carbocycles. The summed E-state index contributed by atoms with van der Waals surface area (Å²) in [7, 11) is 0. The average Bonchev–Trinajstić information content (AvgIpc) is 2.71. The Labute approximate surface area is 161 Å². The number of hydrogen-bond donors (Lipinski definition) is 2. The summed E-state index contributed by atoms with van der Waals surface area (Å²) in [5, 5.41) is 10.1. The first-order valence-corrected chi connectivity index (χ1v) is 9.90. The van der Waals surface area contributed by atoms with Gasteiger partial charge in [-0.25, -0.2) is 4.79 Å². The molecule has 3 rings (SSSR count). The Balaban J connectivity index is 1.48. The molecule has 0 aliphatic heterocycles. The van der Waals surface area contributed by atoms with Gasteiger partial charge in [-0.2, -0.15) is 0 Å². The molecule has 1 unspecified atom stereocenters. The van der Waals surface area contributed by atoms with Gasteiger partial charge in [-0.3, -0.25) is 0 Å². The first-order chi connectivity index (χ1) is 13.1. The molecule has 0 radical (unpaired) electrons. The summed E-state index contributed by atoms with van der Waals surface area (Å²) in [6.45, 7) is 0.180. The normalized spacial score (nSPS) is 16.0. The van der Waals surface area contributed by atoms with Crippen molar-refractivity contribution < 1.29 is 14.6 Å². The minimum absolute atomic E-state index is 0.180. The van der Waals surface area contributed by atoms with Gasteiger partial charge in [-0.05, 0) is 54.4 Å². The van der Waals surface area contributed by atoms with E-state index in [0.717, 1.165) is 16.8 Å². The Morgan fingerprint density at radius 2 is 1.81 bits per heavy atom. The second kappa shape index (κ2) is 9.56. The van der Waals surface area contributed by atoms with Crippen molar-refractivity contribution in [1.82, 2.24) is 0 Å². The fraction of sp³-hybridized carbons (Fsp3) is 0.435. The molecule has 0 saturated heterocycles. The van der Waals surface area contributed by atoms with Crippen molar-refractivity contribution in [2.24, 2.45) is 0 Å². The van der Waals surface area contributed by atoms with Crippen molar-refractivity contribution >= 4 is 11.7 Å². The van der Waals surface area contributed by atoms with Gasteiger partial charge in [0.2, 0.25) is 0 Å². The maximum atomic E-state index is 12.0. The minimum Gasteiger partial charge on any atom is -0.459 e. The van der Waals surface area contributed by atoms with Gasteiger partial charge in [0, 0.05) is 5.69 Å². The number of carbonyl (C=O) groups excluding carboxylic acids is 1. The highest BCUT2D eigenvalue weighted by molar-refractivity contribution is 5.74. The fourth-order valence-electron chi connectivity index (χ4n) is 3.81. The third kappa shape index (κ3) is 5.57. The molecular formula is C23H29NO3. The third-order valence-corrected chi connectivity index (χ3v) is 5.40. The molecule has 0 amide bonds. The monoisotopic (exact) mass is 367 g/mol. The minimum atomic E-state index is -1.12. The van der Waals surface area contributed by atoms with Crippen LogP contribution >= 0.6 is 0 Å². The summed E-state index contributed by atoms with van der Waals surface area (Å²) in [5.41, 5.74) is 10.3. The molecule has 0 spiro atoms. The highest BCUT2D eigenvalue weighted by Crippen LogP contribution is 2.35. The van der Waals surface area contributed by atoms with Gasteiger partial charge in [0.1, 0.15) is 6.61 Å². The van der Waals surface area contributed by atoms with E-state index in [9.17, 15) is 9.90 Å². The number of aliphatic hydroxyl groups is 1. The Kier molecular flexibility index (Phi) is 6.88. The number of carbonyl (C=O) groups is 1. The number of aliphatic hydroxyl groups excluding tert-OH is 1. The van der Waals surface area contributed by atoms with Crippen molar-refractivity contribution in [2.75, 3.05) is 5.73 Å². The number of rotatable bonds is 7. The Morgan fingerprint density at radius 1 is 1.07 bits per heavy atom. The maximum Gasteiger partial charge on any atom is 0.335 e. The molecule has 1 aliphatic carbocycles. The SMILES string of the molecule is Nc1cc(CCC(O)C(=O)OCc2ccccc2)ccc1C1CCCCC1. The molecule has 1 aliphatic rings. The van der Waals surface area contributed by atoms with Gasteiger partial charge >= 0.3 is 5.97 Å². The Bertz CT molecular complexity index is 739. The average molecular weight is 367 g/mol. The van der Waals surface area contributed by atoms with Crippen LogP contribution in [0.5, 0.6) is 0 Å². The maximum absolute atomic E-state index is 12.0. The lowest BCUT2D eigenvalue weighted by atomic mass is 9.83. The number of ether oxygens (including phenoxy) is 1. The summed E-state index contributed by atoms with van der Waals surface area (Å²) in [4.78, 5) is 12.0. The predicted molar refractivity (Wildman–Crippen MR) is 107 cm³/mol. The van der Waals surface area contributed by atoms with Crippen LogP contribution in [0.15, 0.2) is 48.5 Å². The summed E-state index contributed by atoms with van der Waals surface area (Å²) >= 11 is 0. The lowest BCUT2D eigenvalue weighted by Gasteiger charge is -2.23. The van der Waals surface area contributed by atoms with Crippen LogP contribution in [0.3, 0.4) is 0 Å². The zero-order chi connectivity index (χ0) is 19.1. The number of nitrogens with two attached hydrogens (primary N) is 1. The van der Waals surface area contributed by atoms with Crippen LogP contribution in [0, 0.1) is 0 Å².